The first kappa shape index (κ1) is 23.4. The number of hydrogen-bond donors (Lipinski definition) is 1. The van der Waals surface area contributed by atoms with Crippen LogP contribution in [0.4, 0.5) is 17.2 Å². The van der Waals surface area contributed by atoms with Crippen molar-refractivity contribution in [1.29, 1.82) is 0 Å². The molecule has 0 spiro atoms. The van der Waals surface area contributed by atoms with Gasteiger partial charge in [-0.2, -0.15) is 0 Å². The maximum Gasteiger partial charge on any atom is 0.145 e. The summed E-state index contributed by atoms with van der Waals surface area (Å²) in [7, 11) is 0. The van der Waals surface area contributed by atoms with Gasteiger partial charge in [0.25, 0.3) is 0 Å². The van der Waals surface area contributed by atoms with Gasteiger partial charge < -0.3 is 24.4 Å². The molecular weight excluding hydrogens is 460 g/mol. The quantitative estimate of drug-likeness (QED) is 0.323. The lowest BCUT2D eigenvalue weighted by atomic mass is 10.0. The van der Waals surface area contributed by atoms with Crippen molar-refractivity contribution < 1.29 is 14.2 Å². The third-order valence-corrected chi connectivity index (χ3v) is 6.88. The van der Waals surface area contributed by atoms with E-state index in [9.17, 15) is 0 Å². The van der Waals surface area contributed by atoms with Crippen molar-refractivity contribution >= 4 is 38.7 Å². The zero-order valence-corrected chi connectivity index (χ0v) is 21.2. The Morgan fingerprint density at radius 2 is 1.74 bits per heavy atom. The monoisotopic (exact) mass is 490 g/mol. The zero-order valence-electron chi connectivity index (χ0n) is 20.3. The van der Waals surface area contributed by atoms with Crippen LogP contribution in [0.25, 0.3) is 21.3 Å². The Hall–Kier alpha value is -3.36. The van der Waals surface area contributed by atoms with Crippen LogP contribution in [-0.4, -0.2) is 49.5 Å². The SMILES string of the molecule is CCOc1cc(N2CCOCC2)c(OCC)cc1Nc1ncnc2scc(-c3ccc(C)cc3)c12. The highest BCUT2D eigenvalue weighted by Gasteiger charge is 2.21. The smallest absolute Gasteiger partial charge is 0.145 e. The van der Waals surface area contributed by atoms with Crippen molar-refractivity contribution in [3.05, 3.63) is 53.7 Å². The van der Waals surface area contributed by atoms with Crippen molar-refractivity contribution in [3.63, 3.8) is 0 Å². The normalized spacial score (nSPS) is 13.7. The first-order valence-electron chi connectivity index (χ1n) is 12.0. The topological polar surface area (TPSA) is 68.7 Å². The highest BCUT2D eigenvalue weighted by atomic mass is 32.1. The molecule has 1 aliphatic heterocycles. The maximum absolute atomic E-state index is 6.08. The molecule has 0 bridgehead atoms. The number of aryl methyl sites for hydroxylation is 1. The molecule has 2 aromatic heterocycles. The molecule has 1 saturated heterocycles. The molecule has 3 heterocycles. The predicted molar refractivity (Wildman–Crippen MR) is 143 cm³/mol. The molecule has 0 saturated carbocycles. The van der Waals surface area contributed by atoms with Gasteiger partial charge in [-0.15, -0.1) is 11.3 Å². The molecule has 1 N–H and O–H groups in total. The minimum atomic E-state index is 0.553. The second kappa shape index (κ2) is 10.5. The first-order valence-corrected chi connectivity index (χ1v) is 12.9. The van der Waals surface area contributed by atoms with E-state index in [1.807, 2.05) is 19.9 Å². The highest BCUT2D eigenvalue weighted by molar-refractivity contribution is 7.17. The van der Waals surface area contributed by atoms with Crippen molar-refractivity contribution in [2.45, 2.75) is 20.8 Å². The van der Waals surface area contributed by atoms with Crippen molar-refractivity contribution in [3.8, 4) is 22.6 Å². The van der Waals surface area contributed by atoms with Gasteiger partial charge in [-0.25, -0.2) is 9.97 Å². The van der Waals surface area contributed by atoms with E-state index in [2.05, 4.69) is 62.8 Å². The van der Waals surface area contributed by atoms with Gasteiger partial charge in [-0.1, -0.05) is 29.8 Å². The summed E-state index contributed by atoms with van der Waals surface area (Å²) in [5, 5.41) is 6.69. The van der Waals surface area contributed by atoms with Gasteiger partial charge in [0.05, 0.1) is 43.2 Å². The summed E-state index contributed by atoms with van der Waals surface area (Å²) in [6.45, 7) is 10.3. The average Bonchev–Trinajstić information content (AvgIpc) is 3.32. The molecule has 0 unspecified atom stereocenters. The molecule has 8 heteroatoms. The largest absolute Gasteiger partial charge is 0.492 e. The number of nitrogens with one attached hydrogen (secondary N) is 1. The lowest BCUT2D eigenvalue weighted by Crippen LogP contribution is -2.36. The van der Waals surface area contributed by atoms with Crippen LogP contribution in [0.5, 0.6) is 11.5 Å². The van der Waals surface area contributed by atoms with Gasteiger partial charge in [0.15, 0.2) is 0 Å². The second-order valence-corrected chi connectivity index (χ2v) is 9.18. The van der Waals surface area contributed by atoms with Gasteiger partial charge >= 0.3 is 0 Å². The molecule has 5 rings (SSSR count). The summed E-state index contributed by atoms with van der Waals surface area (Å²) in [6.07, 6.45) is 1.60. The summed E-state index contributed by atoms with van der Waals surface area (Å²) < 4.78 is 17.7. The van der Waals surface area contributed by atoms with E-state index >= 15 is 0 Å². The maximum atomic E-state index is 6.08. The van der Waals surface area contributed by atoms with Gasteiger partial charge in [0.1, 0.15) is 28.5 Å². The van der Waals surface area contributed by atoms with Crippen LogP contribution in [0.2, 0.25) is 0 Å². The summed E-state index contributed by atoms with van der Waals surface area (Å²) in [4.78, 5) is 12.4. The average molecular weight is 491 g/mol. The van der Waals surface area contributed by atoms with Crippen LogP contribution < -0.4 is 19.7 Å². The van der Waals surface area contributed by atoms with Gasteiger partial charge in [0, 0.05) is 36.2 Å². The number of morpholine rings is 1. The van der Waals surface area contributed by atoms with Crippen LogP contribution in [0.3, 0.4) is 0 Å². The molecular formula is C27H30N4O3S. The number of nitrogens with zero attached hydrogens (tertiary/aromatic N) is 3. The Kier molecular flexibility index (Phi) is 7.01. The van der Waals surface area contributed by atoms with Crippen molar-refractivity contribution in [2.24, 2.45) is 0 Å². The highest BCUT2D eigenvalue weighted by Crippen LogP contribution is 2.43. The zero-order chi connectivity index (χ0) is 24.2. The van der Waals surface area contributed by atoms with Gasteiger partial charge in [-0.05, 0) is 26.3 Å². The van der Waals surface area contributed by atoms with E-state index in [1.165, 1.54) is 5.56 Å². The van der Waals surface area contributed by atoms with Crippen LogP contribution in [0.1, 0.15) is 19.4 Å². The molecule has 0 radical (unpaired) electrons. The Bertz CT molecular complexity index is 1300. The molecule has 35 heavy (non-hydrogen) atoms. The Morgan fingerprint density at radius 1 is 1.00 bits per heavy atom. The molecule has 0 amide bonds. The summed E-state index contributed by atoms with van der Waals surface area (Å²) in [5.74, 6) is 2.32. The minimum Gasteiger partial charge on any atom is -0.492 e. The van der Waals surface area contributed by atoms with E-state index in [-0.39, 0.29) is 0 Å². The fourth-order valence-electron chi connectivity index (χ4n) is 4.29. The molecule has 4 aromatic rings. The number of rotatable bonds is 8. The second-order valence-electron chi connectivity index (χ2n) is 8.32. The number of ether oxygens (including phenoxy) is 3. The third-order valence-electron chi connectivity index (χ3n) is 6.00. The lowest BCUT2D eigenvalue weighted by Gasteiger charge is -2.31. The molecule has 0 atom stereocenters. The Balaban J connectivity index is 1.58. The Labute approximate surface area is 209 Å². The lowest BCUT2D eigenvalue weighted by molar-refractivity contribution is 0.122. The van der Waals surface area contributed by atoms with Crippen LogP contribution in [0.15, 0.2) is 48.1 Å². The van der Waals surface area contributed by atoms with E-state index < -0.39 is 0 Å². The van der Waals surface area contributed by atoms with E-state index in [4.69, 9.17) is 14.2 Å². The minimum absolute atomic E-state index is 0.553. The number of benzene rings is 2. The predicted octanol–water partition coefficient (Wildman–Crippen LogP) is 6.04. The van der Waals surface area contributed by atoms with Crippen molar-refractivity contribution in [2.75, 3.05) is 49.7 Å². The van der Waals surface area contributed by atoms with E-state index in [0.29, 0.717) is 26.4 Å². The molecule has 182 valence electrons. The molecule has 1 fully saturated rings. The number of hydrogen-bond acceptors (Lipinski definition) is 8. The summed E-state index contributed by atoms with van der Waals surface area (Å²) >= 11 is 1.62. The number of anilines is 3. The fourth-order valence-corrected chi connectivity index (χ4v) is 5.20. The van der Waals surface area contributed by atoms with Gasteiger partial charge in [-0.3, -0.25) is 0 Å². The van der Waals surface area contributed by atoms with Crippen LogP contribution in [-0.2, 0) is 4.74 Å². The fraction of sp³-hybridized carbons (Fsp3) is 0.333. The number of aromatic nitrogens is 2. The molecule has 2 aromatic carbocycles. The Morgan fingerprint density at radius 3 is 2.49 bits per heavy atom. The first-order chi connectivity index (χ1) is 17.2. The number of fused-ring (bicyclic) bond motifs is 1. The summed E-state index contributed by atoms with van der Waals surface area (Å²) in [5.41, 5.74) is 5.32. The summed E-state index contributed by atoms with van der Waals surface area (Å²) in [6, 6.07) is 12.6. The molecule has 7 nitrogen and oxygen atoms in total. The standard InChI is InChI=1S/C27H30N4O3S/c1-4-33-23-15-22(31-10-12-32-13-11-31)24(34-5-2)14-21(23)30-26-25-20(16-35-27(25)29-17-28-26)19-8-6-18(3)7-9-19/h6-9,14-17H,4-5,10-13H2,1-3H3,(H,28,29,30). The van der Waals surface area contributed by atoms with E-state index in [1.54, 1.807) is 17.7 Å². The van der Waals surface area contributed by atoms with Gasteiger partial charge in [0.2, 0.25) is 0 Å². The van der Waals surface area contributed by atoms with Crippen LogP contribution in [0, 0.1) is 6.92 Å². The van der Waals surface area contributed by atoms with Crippen LogP contribution >= 0.6 is 11.3 Å². The van der Waals surface area contributed by atoms with E-state index in [0.717, 1.165) is 63.1 Å². The third kappa shape index (κ3) is 4.90. The molecule has 1 aliphatic rings. The van der Waals surface area contributed by atoms with Crippen molar-refractivity contribution in [1.82, 2.24) is 9.97 Å². The number of thiophene rings is 1. The molecule has 0 aliphatic carbocycles.